The maximum atomic E-state index is 15.1. The van der Waals surface area contributed by atoms with Gasteiger partial charge in [-0.05, 0) is 54.9 Å². The van der Waals surface area contributed by atoms with Crippen LogP contribution in [0.5, 0.6) is 0 Å². The Kier molecular flexibility index (Phi) is 5.31. The van der Waals surface area contributed by atoms with Gasteiger partial charge in [-0.1, -0.05) is 24.3 Å². The van der Waals surface area contributed by atoms with Crippen LogP contribution in [0.4, 0.5) is 16.0 Å². The van der Waals surface area contributed by atoms with Crippen LogP contribution in [0, 0.1) is 36.9 Å². The van der Waals surface area contributed by atoms with Gasteiger partial charge in [0.2, 0.25) is 0 Å². The van der Waals surface area contributed by atoms with Crippen LogP contribution in [0.1, 0.15) is 34.4 Å². The van der Waals surface area contributed by atoms with E-state index >= 15 is 4.39 Å². The van der Waals surface area contributed by atoms with E-state index in [1.54, 1.807) is 23.9 Å². The van der Waals surface area contributed by atoms with E-state index in [0.717, 1.165) is 47.1 Å². The number of nitrogen functional groups attached to an aromatic ring is 1. The van der Waals surface area contributed by atoms with Crippen LogP contribution in [0.3, 0.4) is 0 Å². The number of aromatic nitrogens is 4. The quantitative estimate of drug-likeness (QED) is 0.362. The fourth-order valence-corrected chi connectivity index (χ4v) is 6.49. The van der Waals surface area contributed by atoms with Gasteiger partial charge in [0.25, 0.3) is 0 Å². The van der Waals surface area contributed by atoms with Crippen molar-refractivity contribution in [3.05, 3.63) is 76.5 Å². The Bertz CT molecular complexity index is 1560. The van der Waals surface area contributed by atoms with Gasteiger partial charge in [-0.25, -0.2) is 14.4 Å². The van der Waals surface area contributed by atoms with E-state index in [2.05, 4.69) is 20.0 Å². The van der Waals surface area contributed by atoms with Crippen molar-refractivity contribution in [3.63, 3.8) is 0 Å². The average Bonchev–Trinajstić information content (AvgIpc) is 3.37. The molecule has 0 unspecified atom stereocenters. The number of nitrogens with one attached hydrogen (secondary N) is 1. The van der Waals surface area contributed by atoms with Gasteiger partial charge in [-0.3, -0.25) is 10.1 Å². The third-order valence-corrected chi connectivity index (χ3v) is 8.55. The topological polar surface area (TPSA) is 123 Å². The average molecular weight is 499 g/mol. The van der Waals surface area contributed by atoms with Crippen LogP contribution in [-0.2, 0) is 12.5 Å². The molecule has 2 fully saturated rings. The number of fused-ring (bicyclic) bond motifs is 2. The maximum Gasteiger partial charge on any atom is 0.154 e. The predicted octanol–water partition coefficient (Wildman–Crippen LogP) is 3.47. The standard InChI is InChI=1S/C28H31FN8/c1-15-5-4-6-20(24(15)29)28(14-30)19-9-10-37(13-21(19)28)23-11-33-26(27(32)34-23)25(31)17-7-8-22-18(16(17)2)12-36(3)35-22/h4-8,11-12,19,21,31H,9-10,13-14,30H2,1-3H3,(H2,32,34)/t19-,21+,28-/m1/s1. The van der Waals surface area contributed by atoms with Gasteiger partial charge in [0.05, 0.1) is 17.4 Å². The van der Waals surface area contributed by atoms with E-state index in [1.165, 1.54) is 0 Å². The Hall–Kier alpha value is -3.85. The molecule has 8 nitrogen and oxygen atoms in total. The molecule has 0 radical (unpaired) electrons. The maximum absolute atomic E-state index is 15.1. The molecule has 1 aliphatic carbocycles. The Morgan fingerprint density at radius 1 is 1.22 bits per heavy atom. The first-order valence-electron chi connectivity index (χ1n) is 12.6. The lowest BCUT2D eigenvalue weighted by molar-refractivity contribution is 0.529. The van der Waals surface area contributed by atoms with Gasteiger partial charge in [0.1, 0.15) is 17.3 Å². The molecule has 4 aromatic rings. The predicted molar refractivity (Wildman–Crippen MR) is 144 cm³/mol. The molecule has 6 rings (SSSR count). The third kappa shape index (κ3) is 3.44. The fourth-order valence-electron chi connectivity index (χ4n) is 6.49. The summed E-state index contributed by atoms with van der Waals surface area (Å²) >= 11 is 0. The van der Waals surface area contributed by atoms with Gasteiger partial charge >= 0.3 is 0 Å². The molecular weight excluding hydrogens is 467 g/mol. The number of benzene rings is 2. The lowest BCUT2D eigenvalue weighted by Crippen LogP contribution is -2.33. The highest BCUT2D eigenvalue weighted by Gasteiger charge is 2.66. The summed E-state index contributed by atoms with van der Waals surface area (Å²) in [6.45, 7) is 5.69. The molecule has 2 aromatic carbocycles. The minimum Gasteiger partial charge on any atom is -0.382 e. The molecule has 37 heavy (non-hydrogen) atoms. The molecule has 3 heterocycles. The molecule has 1 saturated heterocycles. The molecular formula is C28H31FN8. The zero-order chi connectivity index (χ0) is 26.1. The van der Waals surface area contributed by atoms with Crippen molar-refractivity contribution in [1.82, 2.24) is 19.7 Å². The highest BCUT2D eigenvalue weighted by atomic mass is 19.1. The largest absolute Gasteiger partial charge is 0.382 e. The van der Waals surface area contributed by atoms with E-state index in [-0.39, 0.29) is 28.7 Å². The van der Waals surface area contributed by atoms with Gasteiger partial charge in [0.15, 0.2) is 5.82 Å². The van der Waals surface area contributed by atoms with Crippen molar-refractivity contribution in [1.29, 1.82) is 5.41 Å². The Labute approximate surface area is 215 Å². The van der Waals surface area contributed by atoms with Crippen LogP contribution in [0.2, 0.25) is 0 Å². The molecule has 0 spiro atoms. The number of piperidine rings is 1. The number of nitrogens with zero attached hydrogens (tertiary/aromatic N) is 5. The number of hydrogen-bond donors (Lipinski definition) is 3. The van der Waals surface area contributed by atoms with E-state index in [1.807, 2.05) is 44.4 Å². The number of aryl methyl sites for hydroxylation is 3. The number of halogens is 1. The molecule has 2 aliphatic rings. The van der Waals surface area contributed by atoms with E-state index in [0.29, 0.717) is 29.5 Å². The Morgan fingerprint density at radius 2 is 2.03 bits per heavy atom. The highest BCUT2D eigenvalue weighted by Crippen LogP contribution is 2.63. The number of hydrogen-bond acceptors (Lipinski definition) is 7. The zero-order valence-electron chi connectivity index (χ0n) is 21.3. The fraction of sp³-hybridized carbons (Fsp3) is 0.357. The third-order valence-electron chi connectivity index (χ3n) is 8.55. The van der Waals surface area contributed by atoms with E-state index in [9.17, 15) is 0 Å². The van der Waals surface area contributed by atoms with Gasteiger partial charge in [-0.2, -0.15) is 5.10 Å². The summed E-state index contributed by atoms with van der Waals surface area (Å²) in [6.07, 6.45) is 4.54. The Balaban J connectivity index is 1.26. The summed E-state index contributed by atoms with van der Waals surface area (Å²) in [7, 11) is 1.88. The number of anilines is 2. The molecule has 0 bridgehead atoms. The summed E-state index contributed by atoms with van der Waals surface area (Å²) in [5, 5.41) is 14.3. The van der Waals surface area contributed by atoms with Crippen molar-refractivity contribution in [2.24, 2.45) is 24.6 Å². The van der Waals surface area contributed by atoms with Crippen molar-refractivity contribution < 1.29 is 4.39 Å². The smallest absolute Gasteiger partial charge is 0.154 e. The van der Waals surface area contributed by atoms with Crippen molar-refractivity contribution >= 4 is 28.3 Å². The summed E-state index contributed by atoms with van der Waals surface area (Å²) in [4.78, 5) is 11.4. The van der Waals surface area contributed by atoms with Gasteiger partial charge in [0, 0.05) is 49.2 Å². The monoisotopic (exact) mass is 498 g/mol. The summed E-state index contributed by atoms with van der Waals surface area (Å²) < 4.78 is 16.8. The van der Waals surface area contributed by atoms with Crippen molar-refractivity contribution in [2.45, 2.75) is 25.7 Å². The van der Waals surface area contributed by atoms with E-state index < -0.39 is 0 Å². The summed E-state index contributed by atoms with van der Waals surface area (Å²) in [6, 6.07) is 9.40. The van der Waals surface area contributed by atoms with Crippen LogP contribution in [0.25, 0.3) is 10.9 Å². The van der Waals surface area contributed by atoms with Gasteiger partial charge in [-0.15, -0.1) is 0 Å². The second-order valence-electron chi connectivity index (χ2n) is 10.4. The second-order valence-corrected chi connectivity index (χ2v) is 10.4. The van der Waals surface area contributed by atoms with E-state index in [4.69, 9.17) is 16.9 Å². The molecule has 9 heteroatoms. The van der Waals surface area contributed by atoms with Crippen molar-refractivity contribution in [2.75, 3.05) is 30.3 Å². The second kappa shape index (κ2) is 8.34. The number of nitrogens with two attached hydrogens (primary N) is 2. The first-order valence-corrected chi connectivity index (χ1v) is 12.6. The normalized spacial score (nSPS) is 22.8. The Morgan fingerprint density at radius 3 is 2.78 bits per heavy atom. The molecule has 0 amide bonds. The zero-order valence-corrected chi connectivity index (χ0v) is 21.3. The molecule has 1 saturated carbocycles. The molecule has 1 aliphatic heterocycles. The minimum absolute atomic E-state index is 0.138. The minimum atomic E-state index is -0.339. The van der Waals surface area contributed by atoms with Crippen molar-refractivity contribution in [3.8, 4) is 0 Å². The molecule has 2 aromatic heterocycles. The first-order chi connectivity index (χ1) is 17.8. The van der Waals surface area contributed by atoms with Crippen LogP contribution in [-0.4, -0.2) is 45.1 Å². The molecule has 3 atom stereocenters. The number of rotatable bonds is 5. The lowest BCUT2D eigenvalue weighted by Gasteiger charge is -2.27. The first kappa shape index (κ1) is 23.5. The summed E-state index contributed by atoms with van der Waals surface area (Å²) in [5.74, 6) is 1.36. The molecule has 190 valence electrons. The highest BCUT2D eigenvalue weighted by molar-refractivity contribution is 6.14. The van der Waals surface area contributed by atoms with Crippen LogP contribution >= 0.6 is 0 Å². The molecule has 5 N–H and O–H groups in total. The summed E-state index contributed by atoms with van der Waals surface area (Å²) in [5.41, 5.74) is 16.9. The SMILES string of the molecule is Cc1cccc([C@@]2(CN)[C@@H]3CCN(c4cnc(C(=N)c5ccc6nn(C)cc6c5C)c(N)n4)C[C@@H]32)c1F. The van der Waals surface area contributed by atoms with Crippen LogP contribution in [0.15, 0.2) is 42.7 Å². The van der Waals surface area contributed by atoms with Gasteiger partial charge < -0.3 is 16.4 Å². The van der Waals surface area contributed by atoms with Crippen LogP contribution < -0.4 is 16.4 Å². The lowest BCUT2D eigenvalue weighted by atomic mass is 9.89.